The standard InChI is InChI=1S/C16H17FN2O3/c1-11(22-15-4-2-3-12(9-15)10-20)16(21)19-18-14-7-5-13(17)6-8-14/h2-9,11,18,20H,10H2,1H3,(H,19,21). The molecule has 5 nitrogen and oxygen atoms in total. The number of aliphatic hydroxyl groups excluding tert-OH is 1. The number of anilines is 1. The molecule has 2 aromatic rings. The van der Waals surface area contributed by atoms with E-state index in [9.17, 15) is 9.18 Å². The number of rotatable bonds is 6. The van der Waals surface area contributed by atoms with Gasteiger partial charge in [0.2, 0.25) is 0 Å². The minimum absolute atomic E-state index is 0.0934. The summed E-state index contributed by atoms with van der Waals surface area (Å²) in [6, 6.07) is 12.4. The Morgan fingerprint density at radius 1 is 1.27 bits per heavy atom. The van der Waals surface area contributed by atoms with Crippen LogP contribution in [0.5, 0.6) is 5.75 Å². The average molecular weight is 304 g/mol. The molecule has 3 N–H and O–H groups in total. The number of halogens is 1. The first-order valence-corrected chi connectivity index (χ1v) is 6.76. The third kappa shape index (κ3) is 4.46. The van der Waals surface area contributed by atoms with E-state index in [1.807, 2.05) is 0 Å². The quantitative estimate of drug-likeness (QED) is 0.716. The molecule has 1 amide bonds. The number of amides is 1. The summed E-state index contributed by atoms with van der Waals surface area (Å²) in [5.41, 5.74) is 6.42. The molecule has 22 heavy (non-hydrogen) atoms. The fourth-order valence-corrected chi connectivity index (χ4v) is 1.74. The van der Waals surface area contributed by atoms with E-state index in [1.54, 1.807) is 31.2 Å². The molecule has 0 fully saturated rings. The van der Waals surface area contributed by atoms with Gasteiger partial charge in [-0.15, -0.1) is 0 Å². The van der Waals surface area contributed by atoms with Gasteiger partial charge in [0, 0.05) is 0 Å². The highest BCUT2D eigenvalue weighted by atomic mass is 19.1. The molecule has 2 rings (SSSR count). The summed E-state index contributed by atoms with van der Waals surface area (Å²) in [4.78, 5) is 11.9. The van der Waals surface area contributed by atoms with Crippen LogP contribution in [-0.2, 0) is 11.4 Å². The Kier molecular flexibility index (Phi) is 5.32. The maximum Gasteiger partial charge on any atom is 0.279 e. The van der Waals surface area contributed by atoms with Crippen molar-refractivity contribution in [1.29, 1.82) is 0 Å². The highest BCUT2D eigenvalue weighted by Crippen LogP contribution is 2.15. The Hall–Kier alpha value is -2.60. The zero-order valence-corrected chi connectivity index (χ0v) is 12.0. The molecular formula is C16H17FN2O3. The monoisotopic (exact) mass is 304 g/mol. The molecule has 2 aromatic carbocycles. The number of nitrogens with one attached hydrogen (secondary N) is 2. The van der Waals surface area contributed by atoms with Gasteiger partial charge >= 0.3 is 0 Å². The fraction of sp³-hybridized carbons (Fsp3) is 0.188. The third-order valence-electron chi connectivity index (χ3n) is 2.94. The Bertz CT molecular complexity index is 632. The molecule has 0 aliphatic carbocycles. The summed E-state index contributed by atoms with van der Waals surface area (Å²) in [6.07, 6.45) is -0.734. The van der Waals surface area contributed by atoms with Gasteiger partial charge in [0.25, 0.3) is 5.91 Å². The number of hydrogen-bond donors (Lipinski definition) is 3. The number of ether oxygens (including phenoxy) is 1. The van der Waals surface area contributed by atoms with Crippen molar-refractivity contribution < 1.29 is 19.0 Å². The maximum atomic E-state index is 12.8. The maximum absolute atomic E-state index is 12.8. The van der Waals surface area contributed by atoms with Gasteiger partial charge < -0.3 is 9.84 Å². The largest absolute Gasteiger partial charge is 0.481 e. The molecule has 1 unspecified atom stereocenters. The smallest absolute Gasteiger partial charge is 0.279 e. The summed E-state index contributed by atoms with van der Waals surface area (Å²) in [5, 5.41) is 9.06. The summed E-state index contributed by atoms with van der Waals surface area (Å²) in [5.74, 6) is -0.230. The Labute approximate surface area is 127 Å². The molecule has 0 saturated carbocycles. The summed E-state index contributed by atoms with van der Waals surface area (Å²) in [7, 11) is 0. The fourth-order valence-electron chi connectivity index (χ4n) is 1.74. The number of hydrogen-bond acceptors (Lipinski definition) is 4. The zero-order chi connectivity index (χ0) is 15.9. The molecule has 1 atom stereocenters. The number of carbonyl (C=O) groups excluding carboxylic acids is 1. The third-order valence-corrected chi connectivity index (χ3v) is 2.94. The lowest BCUT2D eigenvalue weighted by Crippen LogP contribution is -2.39. The van der Waals surface area contributed by atoms with Gasteiger partial charge in [-0.3, -0.25) is 15.6 Å². The number of benzene rings is 2. The van der Waals surface area contributed by atoms with Gasteiger partial charge in [-0.25, -0.2) is 4.39 Å². The van der Waals surface area contributed by atoms with Crippen molar-refractivity contribution in [2.75, 3.05) is 5.43 Å². The predicted molar refractivity (Wildman–Crippen MR) is 80.6 cm³/mol. The van der Waals surface area contributed by atoms with Crippen LogP contribution in [0.1, 0.15) is 12.5 Å². The highest BCUT2D eigenvalue weighted by molar-refractivity contribution is 5.81. The SMILES string of the molecule is CC(Oc1cccc(CO)c1)C(=O)NNc1ccc(F)cc1. The first-order valence-electron chi connectivity index (χ1n) is 6.76. The molecule has 0 radical (unpaired) electrons. The number of hydrazine groups is 1. The molecule has 6 heteroatoms. The van der Waals surface area contributed by atoms with Crippen molar-refractivity contribution in [3.05, 3.63) is 59.9 Å². The van der Waals surface area contributed by atoms with Gasteiger partial charge in [-0.05, 0) is 48.9 Å². The van der Waals surface area contributed by atoms with Crippen molar-refractivity contribution in [2.45, 2.75) is 19.6 Å². The van der Waals surface area contributed by atoms with Crippen LogP contribution in [0.3, 0.4) is 0 Å². The Balaban J connectivity index is 1.87. The van der Waals surface area contributed by atoms with E-state index < -0.39 is 6.10 Å². The van der Waals surface area contributed by atoms with E-state index in [1.165, 1.54) is 24.3 Å². The average Bonchev–Trinajstić information content (AvgIpc) is 2.54. The molecule has 0 bridgehead atoms. The normalized spacial score (nSPS) is 11.6. The first-order chi connectivity index (χ1) is 10.6. The minimum Gasteiger partial charge on any atom is -0.481 e. The second-order valence-electron chi connectivity index (χ2n) is 4.69. The molecule has 0 spiro atoms. The topological polar surface area (TPSA) is 70.6 Å². The van der Waals surface area contributed by atoms with Crippen LogP contribution in [-0.4, -0.2) is 17.1 Å². The van der Waals surface area contributed by atoms with Crippen molar-refractivity contribution in [1.82, 2.24) is 5.43 Å². The van der Waals surface area contributed by atoms with Crippen LogP contribution in [0.25, 0.3) is 0 Å². The molecule has 0 aliphatic heterocycles. The lowest BCUT2D eigenvalue weighted by molar-refractivity contribution is -0.126. The van der Waals surface area contributed by atoms with Gasteiger partial charge in [0.05, 0.1) is 12.3 Å². The van der Waals surface area contributed by atoms with E-state index in [0.717, 1.165) is 0 Å². The van der Waals surface area contributed by atoms with E-state index >= 15 is 0 Å². The first kappa shape index (κ1) is 15.8. The summed E-state index contributed by atoms with van der Waals surface area (Å²) >= 11 is 0. The van der Waals surface area contributed by atoms with Crippen LogP contribution in [0.4, 0.5) is 10.1 Å². The van der Waals surface area contributed by atoms with Gasteiger partial charge in [0.15, 0.2) is 6.10 Å². The van der Waals surface area contributed by atoms with Gasteiger partial charge in [-0.1, -0.05) is 12.1 Å². The van der Waals surface area contributed by atoms with Crippen molar-refractivity contribution in [2.24, 2.45) is 0 Å². The second kappa shape index (κ2) is 7.42. The molecular weight excluding hydrogens is 287 g/mol. The Morgan fingerprint density at radius 2 is 2.00 bits per heavy atom. The van der Waals surface area contributed by atoms with Crippen LogP contribution < -0.4 is 15.6 Å². The van der Waals surface area contributed by atoms with Crippen LogP contribution in [0.2, 0.25) is 0 Å². The Morgan fingerprint density at radius 3 is 2.68 bits per heavy atom. The van der Waals surface area contributed by atoms with Crippen molar-refractivity contribution >= 4 is 11.6 Å². The number of carbonyl (C=O) groups is 1. The molecule has 0 saturated heterocycles. The zero-order valence-electron chi connectivity index (χ0n) is 12.0. The van der Waals surface area contributed by atoms with E-state index in [0.29, 0.717) is 17.0 Å². The van der Waals surface area contributed by atoms with E-state index in [2.05, 4.69) is 10.9 Å². The molecule has 0 aliphatic rings. The second-order valence-corrected chi connectivity index (χ2v) is 4.69. The van der Waals surface area contributed by atoms with E-state index in [4.69, 9.17) is 9.84 Å². The van der Waals surface area contributed by atoms with Crippen molar-refractivity contribution in [3.8, 4) is 5.75 Å². The predicted octanol–water partition coefficient (Wildman–Crippen LogP) is 2.23. The summed E-state index contributed by atoms with van der Waals surface area (Å²) in [6.45, 7) is 1.51. The van der Waals surface area contributed by atoms with Crippen LogP contribution in [0, 0.1) is 5.82 Å². The number of aliphatic hydroxyl groups is 1. The van der Waals surface area contributed by atoms with Crippen LogP contribution >= 0.6 is 0 Å². The highest BCUT2D eigenvalue weighted by Gasteiger charge is 2.14. The lowest BCUT2D eigenvalue weighted by Gasteiger charge is -2.16. The van der Waals surface area contributed by atoms with Crippen molar-refractivity contribution in [3.63, 3.8) is 0 Å². The van der Waals surface area contributed by atoms with Gasteiger partial charge in [0.1, 0.15) is 11.6 Å². The van der Waals surface area contributed by atoms with E-state index in [-0.39, 0.29) is 18.3 Å². The lowest BCUT2D eigenvalue weighted by atomic mass is 10.2. The van der Waals surface area contributed by atoms with Crippen LogP contribution in [0.15, 0.2) is 48.5 Å². The summed E-state index contributed by atoms with van der Waals surface area (Å²) < 4.78 is 18.3. The molecule has 116 valence electrons. The molecule has 0 aromatic heterocycles. The molecule has 0 heterocycles. The minimum atomic E-state index is -0.734. The van der Waals surface area contributed by atoms with Gasteiger partial charge in [-0.2, -0.15) is 0 Å².